The van der Waals surface area contributed by atoms with Crippen molar-refractivity contribution in [3.05, 3.63) is 34.3 Å². The highest BCUT2D eigenvalue weighted by Gasteiger charge is 2.21. The Kier molecular flexibility index (Phi) is 6.21. The van der Waals surface area contributed by atoms with E-state index in [-0.39, 0.29) is 23.5 Å². The molecule has 20 heavy (non-hydrogen) atoms. The van der Waals surface area contributed by atoms with Crippen molar-refractivity contribution >= 4 is 21.8 Å². The molecule has 0 aliphatic rings. The predicted octanol–water partition coefficient (Wildman–Crippen LogP) is 3.79. The minimum Gasteiger partial charge on any atom is -0.350 e. The number of benzene rings is 1. The average Bonchev–Trinajstić information content (AvgIpc) is 2.33. The van der Waals surface area contributed by atoms with Gasteiger partial charge in [0.05, 0.1) is 6.04 Å². The molecule has 0 spiro atoms. The molecule has 1 aromatic rings. The number of hydrogen-bond acceptors (Lipinski definition) is 2. The van der Waals surface area contributed by atoms with Crippen LogP contribution in [0.15, 0.2) is 28.7 Å². The summed E-state index contributed by atoms with van der Waals surface area (Å²) in [6.45, 7) is 9.99. The molecule has 1 rings (SSSR count). The second-order valence-corrected chi connectivity index (χ2v) is 7.06. The van der Waals surface area contributed by atoms with E-state index in [4.69, 9.17) is 0 Å². The lowest BCUT2D eigenvalue weighted by Gasteiger charge is -2.26. The number of rotatable bonds is 5. The molecule has 0 saturated carbocycles. The van der Waals surface area contributed by atoms with Gasteiger partial charge in [-0.2, -0.15) is 0 Å². The lowest BCUT2D eigenvalue weighted by Crippen LogP contribution is -2.50. The highest BCUT2D eigenvalue weighted by atomic mass is 79.9. The van der Waals surface area contributed by atoms with Gasteiger partial charge in [0.2, 0.25) is 5.91 Å². The van der Waals surface area contributed by atoms with Crippen LogP contribution in [0, 0.1) is 0 Å². The molecule has 4 heteroatoms. The SMILES string of the molecule is CCC(NC(C)C(=O)NC(C)(C)C)c1cccc(Br)c1. The van der Waals surface area contributed by atoms with Crippen molar-refractivity contribution < 1.29 is 4.79 Å². The number of nitrogens with one attached hydrogen (secondary N) is 2. The third kappa shape index (κ3) is 5.63. The van der Waals surface area contributed by atoms with E-state index in [9.17, 15) is 4.79 Å². The quantitative estimate of drug-likeness (QED) is 0.855. The average molecular weight is 341 g/mol. The third-order valence-corrected chi connectivity index (χ3v) is 3.50. The van der Waals surface area contributed by atoms with Gasteiger partial charge in [0.1, 0.15) is 0 Å². The first-order valence-electron chi connectivity index (χ1n) is 7.06. The summed E-state index contributed by atoms with van der Waals surface area (Å²) in [6.07, 6.45) is 0.934. The molecule has 3 nitrogen and oxygen atoms in total. The molecule has 0 aliphatic carbocycles. The van der Waals surface area contributed by atoms with Crippen LogP contribution in [0.5, 0.6) is 0 Å². The van der Waals surface area contributed by atoms with E-state index in [0.29, 0.717) is 0 Å². The standard InChI is InChI=1S/C16H25BrN2O/c1-6-14(12-8-7-9-13(17)10-12)18-11(2)15(20)19-16(3,4)5/h7-11,14,18H,6H2,1-5H3,(H,19,20). The molecule has 0 radical (unpaired) electrons. The van der Waals surface area contributed by atoms with Gasteiger partial charge in [-0.15, -0.1) is 0 Å². The Hall–Kier alpha value is -0.870. The van der Waals surface area contributed by atoms with Crippen LogP contribution in [0.4, 0.5) is 0 Å². The highest BCUT2D eigenvalue weighted by Crippen LogP contribution is 2.21. The van der Waals surface area contributed by atoms with Crippen LogP contribution >= 0.6 is 15.9 Å². The van der Waals surface area contributed by atoms with Gasteiger partial charge in [-0.1, -0.05) is 35.0 Å². The third-order valence-electron chi connectivity index (χ3n) is 3.00. The zero-order valence-electron chi connectivity index (χ0n) is 13.0. The maximum absolute atomic E-state index is 12.1. The summed E-state index contributed by atoms with van der Waals surface area (Å²) >= 11 is 3.49. The zero-order chi connectivity index (χ0) is 15.3. The molecular weight excluding hydrogens is 316 g/mol. The molecule has 2 unspecified atom stereocenters. The number of hydrogen-bond donors (Lipinski definition) is 2. The van der Waals surface area contributed by atoms with Crippen molar-refractivity contribution in [3.8, 4) is 0 Å². The Balaban J connectivity index is 2.71. The maximum atomic E-state index is 12.1. The molecule has 0 aliphatic heterocycles. The van der Waals surface area contributed by atoms with E-state index in [1.165, 1.54) is 5.56 Å². The first-order chi connectivity index (χ1) is 9.23. The minimum atomic E-state index is -0.224. The molecule has 0 fully saturated rings. The van der Waals surface area contributed by atoms with Gasteiger partial charge in [-0.25, -0.2) is 0 Å². The Morgan fingerprint density at radius 3 is 2.50 bits per heavy atom. The van der Waals surface area contributed by atoms with Crippen molar-refractivity contribution in [1.29, 1.82) is 0 Å². The number of carbonyl (C=O) groups is 1. The van der Waals surface area contributed by atoms with Gasteiger partial charge < -0.3 is 5.32 Å². The lowest BCUT2D eigenvalue weighted by atomic mass is 10.0. The molecule has 112 valence electrons. The predicted molar refractivity (Wildman–Crippen MR) is 87.7 cm³/mol. The molecule has 1 amide bonds. The van der Waals surface area contributed by atoms with Gasteiger partial charge in [0.25, 0.3) is 0 Å². The first kappa shape index (κ1) is 17.2. The molecular formula is C16H25BrN2O. The van der Waals surface area contributed by atoms with Gasteiger partial charge in [0.15, 0.2) is 0 Å². The second kappa shape index (κ2) is 7.23. The van der Waals surface area contributed by atoms with E-state index >= 15 is 0 Å². The number of carbonyl (C=O) groups excluding carboxylic acids is 1. The van der Waals surface area contributed by atoms with Gasteiger partial charge in [-0.3, -0.25) is 10.1 Å². The van der Waals surface area contributed by atoms with E-state index in [1.54, 1.807) is 0 Å². The fourth-order valence-electron chi connectivity index (χ4n) is 2.03. The van der Waals surface area contributed by atoms with Crippen molar-refractivity contribution in [1.82, 2.24) is 10.6 Å². The van der Waals surface area contributed by atoms with Gasteiger partial charge in [0, 0.05) is 16.1 Å². The maximum Gasteiger partial charge on any atom is 0.237 e. The summed E-state index contributed by atoms with van der Waals surface area (Å²) < 4.78 is 1.06. The Bertz CT molecular complexity index is 454. The fraction of sp³-hybridized carbons (Fsp3) is 0.562. The number of amides is 1. The van der Waals surface area contributed by atoms with Crippen LogP contribution in [-0.2, 0) is 4.79 Å². The van der Waals surface area contributed by atoms with E-state index in [1.807, 2.05) is 39.8 Å². The van der Waals surface area contributed by atoms with Crippen LogP contribution in [-0.4, -0.2) is 17.5 Å². The molecule has 0 bridgehead atoms. The van der Waals surface area contributed by atoms with E-state index in [2.05, 4.69) is 45.6 Å². The summed E-state index contributed by atoms with van der Waals surface area (Å²) in [4.78, 5) is 12.1. The monoisotopic (exact) mass is 340 g/mol. The van der Waals surface area contributed by atoms with Gasteiger partial charge in [-0.05, 0) is 51.8 Å². The van der Waals surface area contributed by atoms with Crippen LogP contribution in [0.2, 0.25) is 0 Å². The normalized spacial score (nSPS) is 14.7. The van der Waals surface area contributed by atoms with Crippen LogP contribution in [0.3, 0.4) is 0 Å². The summed E-state index contributed by atoms with van der Waals surface area (Å²) in [5.41, 5.74) is 0.988. The Morgan fingerprint density at radius 2 is 2.00 bits per heavy atom. The summed E-state index contributed by atoms with van der Waals surface area (Å²) in [5, 5.41) is 6.40. The second-order valence-electron chi connectivity index (χ2n) is 6.14. The summed E-state index contributed by atoms with van der Waals surface area (Å²) in [6, 6.07) is 8.15. The molecule has 0 saturated heterocycles. The smallest absolute Gasteiger partial charge is 0.237 e. The van der Waals surface area contributed by atoms with E-state index < -0.39 is 0 Å². The van der Waals surface area contributed by atoms with Crippen molar-refractivity contribution in [2.45, 2.75) is 58.7 Å². The summed E-state index contributed by atoms with van der Waals surface area (Å²) in [5.74, 6) is 0.0333. The van der Waals surface area contributed by atoms with Gasteiger partial charge >= 0.3 is 0 Å². The van der Waals surface area contributed by atoms with Crippen LogP contribution in [0.1, 0.15) is 52.6 Å². The van der Waals surface area contributed by atoms with Crippen molar-refractivity contribution in [2.24, 2.45) is 0 Å². The zero-order valence-corrected chi connectivity index (χ0v) is 14.5. The van der Waals surface area contributed by atoms with Crippen LogP contribution in [0.25, 0.3) is 0 Å². The summed E-state index contributed by atoms with van der Waals surface area (Å²) in [7, 11) is 0. The molecule has 0 aromatic heterocycles. The van der Waals surface area contributed by atoms with E-state index in [0.717, 1.165) is 10.9 Å². The topological polar surface area (TPSA) is 41.1 Å². The van der Waals surface area contributed by atoms with Crippen molar-refractivity contribution in [2.75, 3.05) is 0 Å². The fourth-order valence-corrected chi connectivity index (χ4v) is 2.45. The highest BCUT2D eigenvalue weighted by molar-refractivity contribution is 9.10. The number of halogens is 1. The Labute approximate surface area is 130 Å². The first-order valence-corrected chi connectivity index (χ1v) is 7.85. The van der Waals surface area contributed by atoms with Crippen LogP contribution < -0.4 is 10.6 Å². The van der Waals surface area contributed by atoms with Crippen molar-refractivity contribution in [3.63, 3.8) is 0 Å². The minimum absolute atomic E-state index is 0.0333. The molecule has 2 atom stereocenters. The molecule has 1 aromatic carbocycles. The largest absolute Gasteiger partial charge is 0.350 e. The molecule has 0 heterocycles. The molecule has 2 N–H and O–H groups in total. The lowest BCUT2D eigenvalue weighted by molar-refractivity contribution is -0.124. The Morgan fingerprint density at radius 1 is 1.35 bits per heavy atom.